The Bertz CT molecular complexity index is 682. The molecule has 0 saturated heterocycles. The molecule has 0 aliphatic heterocycles. The second kappa shape index (κ2) is 7.82. The lowest BCUT2D eigenvalue weighted by Crippen LogP contribution is -2.27. The number of aryl methyl sites for hydroxylation is 1. The van der Waals surface area contributed by atoms with Crippen LogP contribution >= 0.6 is 11.3 Å². The van der Waals surface area contributed by atoms with Crippen LogP contribution in [0.1, 0.15) is 41.0 Å². The Balaban J connectivity index is 2.16. The summed E-state index contributed by atoms with van der Waals surface area (Å²) in [5.74, 6) is -0.578. The highest BCUT2D eigenvalue weighted by molar-refractivity contribution is 7.11. The van der Waals surface area contributed by atoms with Gasteiger partial charge in [-0.1, -0.05) is 42.5 Å². The lowest BCUT2D eigenvalue weighted by molar-refractivity contribution is -0.120. The molecule has 0 aliphatic carbocycles. The highest BCUT2D eigenvalue weighted by Gasteiger charge is 2.19. The molecule has 2 aromatic rings. The number of amides is 2. The molecule has 0 saturated carbocycles. The van der Waals surface area contributed by atoms with Crippen molar-refractivity contribution in [3.05, 3.63) is 45.4 Å². The molecule has 0 unspecified atom stereocenters. The Morgan fingerprint density at radius 3 is 2.43 bits per heavy atom. The average molecular weight is 332 g/mol. The number of hydrogen-bond donors (Lipinski definition) is 2. The van der Waals surface area contributed by atoms with Gasteiger partial charge in [-0.15, -0.1) is 10.2 Å². The number of carbonyl (C=O) groups is 2. The maximum Gasteiger partial charge on any atom is 0.224 e. The fraction of sp³-hybridized carbons (Fsp3) is 0.375. The largest absolute Gasteiger partial charge is 0.369 e. The summed E-state index contributed by atoms with van der Waals surface area (Å²) in [7, 11) is 0. The number of nitrogens with zero attached hydrogens (tertiary/aromatic N) is 2. The standard InChI is InChI=1S/C16H20N4O2S/c1-3-11-4-6-12(7-5-11)8-13(18-10(2)21)16-20-19-15(23-16)9-14(17)22/h4-7,13H,3,8-9H2,1-2H3,(H2,17,22)(H,18,21)/t13-/m0/s1. The molecule has 1 aromatic carbocycles. The van der Waals surface area contributed by atoms with Crippen LogP contribution in [0.25, 0.3) is 0 Å². The molecule has 0 radical (unpaired) electrons. The van der Waals surface area contributed by atoms with Crippen LogP contribution in [0.4, 0.5) is 0 Å². The first kappa shape index (κ1) is 17.1. The molecule has 2 amide bonds. The van der Waals surface area contributed by atoms with Crippen molar-refractivity contribution in [3.63, 3.8) is 0 Å². The molecule has 0 fully saturated rings. The van der Waals surface area contributed by atoms with Crippen molar-refractivity contribution in [2.45, 2.75) is 39.2 Å². The zero-order valence-corrected chi connectivity index (χ0v) is 14.0. The molecule has 7 heteroatoms. The zero-order valence-electron chi connectivity index (χ0n) is 13.2. The van der Waals surface area contributed by atoms with Gasteiger partial charge in [-0.25, -0.2) is 0 Å². The minimum atomic E-state index is -0.445. The van der Waals surface area contributed by atoms with Gasteiger partial charge >= 0.3 is 0 Å². The predicted molar refractivity (Wildman–Crippen MR) is 88.9 cm³/mol. The Morgan fingerprint density at radius 1 is 1.22 bits per heavy atom. The van der Waals surface area contributed by atoms with Crippen molar-refractivity contribution < 1.29 is 9.59 Å². The van der Waals surface area contributed by atoms with Crippen molar-refractivity contribution >= 4 is 23.2 Å². The van der Waals surface area contributed by atoms with E-state index in [1.807, 2.05) is 0 Å². The number of hydrogen-bond acceptors (Lipinski definition) is 5. The minimum Gasteiger partial charge on any atom is -0.369 e. The average Bonchev–Trinajstić information content (AvgIpc) is 2.94. The van der Waals surface area contributed by atoms with Crippen LogP contribution in [0, 0.1) is 0 Å². The second-order valence-electron chi connectivity index (χ2n) is 5.30. The maximum absolute atomic E-state index is 11.5. The van der Waals surface area contributed by atoms with Crippen LogP contribution in [0.5, 0.6) is 0 Å². The van der Waals surface area contributed by atoms with Gasteiger partial charge in [0.1, 0.15) is 10.0 Å². The summed E-state index contributed by atoms with van der Waals surface area (Å²) in [6.45, 7) is 3.58. The fourth-order valence-corrected chi connectivity index (χ4v) is 3.12. The number of aromatic nitrogens is 2. The molecular formula is C16H20N4O2S. The molecule has 0 bridgehead atoms. The molecule has 2 rings (SSSR count). The molecule has 1 heterocycles. The van der Waals surface area contributed by atoms with E-state index in [2.05, 4.69) is 46.7 Å². The third-order valence-electron chi connectivity index (χ3n) is 3.35. The molecule has 1 aromatic heterocycles. The van der Waals surface area contributed by atoms with Gasteiger partial charge in [-0.2, -0.15) is 0 Å². The monoisotopic (exact) mass is 332 g/mol. The predicted octanol–water partition coefficient (Wildman–Crippen LogP) is 1.55. The SMILES string of the molecule is CCc1ccc(C[C@H](NC(C)=O)c2nnc(CC(N)=O)s2)cc1. The number of nitrogens with one attached hydrogen (secondary N) is 1. The van der Waals surface area contributed by atoms with Crippen LogP contribution in [0.3, 0.4) is 0 Å². The summed E-state index contributed by atoms with van der Waals surface area (Å²) in [5.41, 5.74) is 7.54. The third-order valence-corrected chi connectivity index (χ3v) is 4.39. The Kier molecular flexibility index (Phi) is 5.81. The number of carbonyl (C=O) groups excluding carboxylic acids is 2. The van der Waals surface area contributed by atoms with Gasteiger partial charge in [-0.05, 0) is 24.0 Å². The number of benzene rings is 1. The first-order valence-electron chi connectivity index (χ1n) is 7.43. The van der Waals surface area contributed by atoms with E-state index >= 15 is 0 Å². The van der Waals surface area contributed by atoms with Crippen molar-refractivity contribution in [2.24, 2.45) is 5.73 Å². The Morgan fingerprint density at radius 2 is 1.87 bits per heavy atom. The van der Waals surface area contributed by atoms with Gasteiger partial charge in [0.2, 0.25) is 11.8 Å². The third kappa shape index (κ3) is 5.14. The van der Waals surface area contributed by atoms with Crippen molar-refractivity contribution in [1.29, 1.82) is 0 Å². The molecule has 3 N–H and O–H groups in total. The first-order valence-corrected chi connectivity index (χ1v) is 8.25. The summed E-state index contributed by atoms with van der Waals surface area (Å²) in [4.78, 5) is 22.4. The quantitative estimate of drug-likeness (QED) is 0.803. The van der Waals surface area contributed by atoms with E-state index in [-0.39, 0.29) is 18.4 Å². The van der Waals surface area contributed by atoms with Crippen LogP contribution < -0.4 is 11.1 Å². The van der Waals surface area contributed by atoms with Gasteiger partial charge in [0, 0.05) is 6.92 Å². The smallest absolute Gasteiger partial charge is 0.224 e. The van der Waals surface area contributed by atoms with E-state index < -0.39 is 5.91 Å². The van der Waals surface area contributed by atoms with E-state index in [0.29, 0.717) is 16.4 Å². The highest BCUT2D eigenvalue weighted by atomic mass is 32.1. The molecule has 0 spiro atoms. The molecule has 0 aliphatic rings. The van der Waals surface area contributed by atoms with Gasteiger partial charge in [0.15, 0.2) is 0 Å². The maximum atomic E-state index is 11.5. The van der Waals surface area contributed by atoms with E-state index in [0.717, 1.165) is 12.0 Å². The second-order valence-corrected chi connectivity index (χ2v) is 6.40. The number of primary amides is 1. The highest BCUT2D eigenvalue weighted by Crippen LogP contribution is 2.23. The van der Waals surface area contributed by atoms with Crippen LogP contribution in [0.2, 0.25) is 0 Å². The van der Waals surface area contributed by atoms with Gasteiger partial charge in [-0.3, -0.25) is 9.59 Å². The van der Waals surface area contributed by atoms with Crippen molar-refractivity contribution in [2.75, 3.05) is 0 Å². The lowest BCUT2D eigenvalue weighted by Gasteiger charge is -2.15. The van der Waals surface area contributed by atoms with E-state index in [4.69, 9.17) is 5.73 Å². The van der Waals surface area contributed by atoms with Crippen LogP contribution in [0.15, 0.2) is 24.3 Å². The van der Waals surface area contributed by atoms with Crippen molar-refractivity contribution in [3.8, 4) is 0 Å². The summed E-state index contributed by atoms with van der Waals surface area (Å²) in [6, 6.07) is 8.01. The van der Waals surface area contributed by atoms with Crippen LogP contribution in [-0.4, -0.2) is 22.0 Å². The summed E-state index contributed by atoms with van der Waals surface area (Å²) >= 11 is 1.30. The first-order chi connectivity index (χ1) is 11.0. The molecule has 1 atom stereocenters. The Labute approximate surface area is 139 Å². The van der Waals surface area contributed by atoms with Crippen LogP contribution in [-0.2, 0) is 28.9 Å². The van der Waals surface area contributed by atoms with Gasteiger partial charge < -0.3 is 11.1 Å². The fourth-order valence-electron chi connectivity index (χ4n) is 2.22. The number of nitrogens with two attached hydrogens (primary N) is 1. The normalized spacial score (nSPS) is 11.9. The minimum absolute atomic E-state index is 0.0651. The van der Waals surface area contributed by atoms with E-state index in [1.54, 1.807) is 0 Å². The molecule has 122 valence electrons. The molecular weight excluding hydrogens is 312 g/mol. The van der Waals surface area contributed by atoms with E-state index in [1.165, 1.54) is 23.8 Å². The topological polar surface area (TPSA) is 98.0 Å². The molecule has 23 heavy (non-hydrogen) atoms. The number of rotatable bonds is 7. The molecule has 6 nitrogen and oxygen atoms in total. The van der Waals surface area contributed by atoms with Gasteiger partial charge in [0.05, 0.1) is 12.5 Å². The summed E-state index contributed by atoms with van der Waals surface area (Å²) in [6.07, 6.45) is 1.67. The van der Waals surface area contributed by atoms with Gasteiger partial charge in [0.25, 0.3) is 0 Å². The zero-order chi connectivity index (χ0) is 16.8. The summed E-state index contributed by atoms with van der Waals surface area (Å²) in [5, 5.41) is 12.2. The summed E-state index contributed by atoms with van der Waals surface area (Å²) < 4.78 is 0. The Hall–Kier alpha value is -2.28. The van der Waals surface area contributed by atoms with E-state index in [9.17, 15) is 9.59 Å². The van der Waals surface area contributed by atoms with Crippen molar-refractivity contribution in [1.82, 2.24) is 15.5 Å². The lowest BCUT2D eigenvalue weighted by atomic mass is 10.0.